The van der Waals surface area contributed by atoms with Gasteiger partial charge in [0.2, 0.25) is 5.91 Å². The number of hydrogen-bond donors (Lipinski definition) is 3. The first-order valence-corrected chi connectivity index (χ1v) is 40.1. The van der Waals surface area contributed by atoms with Crippen molar-refractivity contribution in [3.63, 3.8) is 0 Å². The van der Waals surface area contributed by atoms with Crippen molar-refractivity contribution in [2.45, 2.75) is 347 Å². The molecule has 0 saturated heterocycles. The summed E-state index contributed by atoms with van der Waals surface area (Å²) >= 11 is 0. The minimum absolute atomic E-state index is 0.0494. The summed E-state index contributed by atoms with van der Waals surface area (Å²) < 4.78 is 23.8. The van der Waals surface area contributed by atoms with Crippen LogP contribution in [-0.4, -0.2) is 73.4 Å². The summed E-state index contributed by atoms with van der Waals surface area (Å²) in [6.07, 6.45) is 109. The predicted octanol–water partition coefficient (Wildman–Crippen LogP) is 25.3. The average molecular weight is 1300 g/mol. The van der Waals surface area contributed by atoms with Crippen molar-refractivity contribution in [1.29, 1.82) is 0 Å². The van der Waals surface area contributed by atoms with E-state index < -0.39 is 20.0 Å². The molecule has 0 rings (SSSR count). The average Bonchev–Trinajstić information content (AvgIpc) is 2.63. The highest BCUT2D eigenvalue weighted by atomic mass is 31.2. The molecule has 9 heteroatoms. The highest BCUT2D eigenvalue weighted by Crippen LogP contribution is 2.43. The number of hydrogen-bond acceptors (Lipinski definition) is 5. The van der Waals surface area contributed by atoms with Gasteiger partial charge in [-0.25, -0.2) is 4.57 Å². The van der Waals surface area contributed by atoms with E-state index in [1.165, 1.54) is 218 Å². The summed E-state index contributed by atoms with van der Waals surface area (Å²) in [6, 6.07) is -0.879. The highest BCUT2D eigenvalue weighted by molar-refractivity contribution is 7.47. The number of phosphoric ester groups is 1. The number of amides is 1. The summed E-state index contributed by atoms with van der Waals surface area (Å²) in [7, 11) is 1.54. The number of nitrogens with zero attached hydrogens (tertiary/aromatic N) is 1. The number of carbonyl (C=O) groups is 1. The van der Waals surface area contributed by atoms with Crippen molar-refractivity contribution < 1.29 is 32.9 Å². The molecule has 1 amide bonds. The van der Waals surface area contributed by atoms with Crippen LogP contribution in [0.3, 0.4) is 0 Å². The maximum absolute atomic E-state index is 13.1. The van der Waals surface area contributed by atoms with Crippen molar-refractivity contribution in [2.24, 2.45) is 0 Å². The Kier molecular flexibility index (Phi) is 69.3. The minimum Gasteiger partial charge on any atom is -0.387 e. The Morgan fingerprint density at radius 3 is 1.00 bits per heavy atom. The van der Waals surface area contributed by atoms with Crippen LogP contribution in [0.25, 0.3) is 0 Å². The van der Waals surface area contributed by atoms with E-state index in [-0.39, 0.29) is 19.1 Å². The number of likely N-dealkylation sites (N-methyl/N-ethyl adjacent to an activating group) is 1. The van der Waals surface area contributed by atoms with Gasteiger partial charge in [0.15, 0.2) is 0 Å². The van der Waals surface area contributed by atoms with Gasteiger partial charge in [-0.05, 0) is 109 Å². The second kappa shape index (κ2) is 71.9. The monoisotopic (exact) mass is 1300 g/mol. The fraction of sp³-hybridized carbons (Fsp3) is 0.723. The molecular formula is C83H148N2O6P+. The van der Waals surface area contributed by atoms with Gasteiger partial charge in [-0.1, -0.05) is 353 Å². The molecule has 8 nitrogen and oxygen atoms in total. The van der Waals surface area contributed by atoms with Crippen molar-refractivity contribution in [2.75, 3.05) is 40.9 Å². The first kappa shape index (κ1) is 88.6. The third-order valence-corrected chi connectivity index (χ3v) is 17.8. The Bertz CT molecular complexity index is 1970. The first-order chi connectivity index (χ1) is 45.0. The smallest absolute Gasteiger partial charge is 0.387 e. The number of quaternary nitrogens is 1. The number of nitrogens with one attached hydrogen (secondary N) is 1. The number of unbranched alkanes of at least 4 members (excludes halogenated alkanes) is 37. The fourth-order valence-electron chi connectivity index (χ4n) is 10.9. The van der Waals surface area contributed by atoms with Gasteiger partial charge in [-0.15, -0.1) is 0 Å². The number of carbonyl (C=O) groups excluding carboxylic acids is 1. The molecule has 0 heterocycles. The van der Waals surface area contributed by atoms with Crippen molar-refractivity contribution in [3.8, 4) is 0 Å². The largest absolute Gasteiger partial charge is 0.472 e. The Morgan fingerprint density at radius 2 is 0.663 bits per heavy atom. The molecule has 0 bridgehead atoms. The molecule has 0 spiro atoms. The molecule has 0 aromatic carbocycles. The normalized spacial score (nSPS) is 14.3. The molecular weight excluding hydrogens is 1150 g/mol. The predicted molar refractivity (Wildman–Crippen MR) is 405 cm³/mol. The molecule has 3 atom stereocenters. The summed E-state index contributed by atoms with van der Waals surface area (Å²) in [6.45, 7) is 4.70. The van der Waals surface area contributed by atoms with Gasteiger partial charge < -0.3 is 19.8 Å². The van der Waals surface area contributed by atoms with Crippen LogP contribution >= 0.6 is 7.82 Å². The van der Waals surface area contributed by atoms with E-state index in [9.17, 15) is 19.4 Å². The zero-order chi connectivity index (χ0) is 66.9. The van der Waals surface area contributed by atoms with E-state index in [4.69, 9.17) is 9.05 Å². The van der Waals surface area contributed by atoms with E-state index in [0.717, 1.165) is 96.3 Å². The lowest BCUT2D eigenvalue weighted by atomic mass is 10.0. The molecule has 0 aliphatic rings. The number of aliphatic hydroxyl groups excluding tert-OH is 1. The lowest BCUT2D eigenvalue weighted by Gasteiger charge is -2.25. The lowest BCUT2D eigenvalue weighted by Crippen LogP contribution is -2.45. The summed E-state index contributed by atoms with van der Waals surface area (Å²) in [4.78, 5) is 23.5. The summed E-state index contributed by atoms with van der Waals surface area (Å²) in [5, 5.41) is 14.0. The van der Waals surface area contributed by atoms with Crippen LogP contribution in [0.15, 0.2) is 134 Å². The fourth-order valence-corrected chi connectivity index (χ4v) is 11.7. The first-order valence-electron chi connectivity index (χ1n) is 38.6. The topological polar surface area (TPSA) is 105 Å². The lowest BCUT2D eigenvalue weighted by molar-refractivity contribution is -0.870. The third-order valence-electron chi connectivity index (χ3n) is 16.8. The van der Waals surface area contributed by atoms with Gasteiger partial charge in [0, 0.05) is 6.42 Å². The molecule has 0 aromatic rings. The zero-order valence-corrected chi connectivity index (χ0v) is 61.6. The molecule has 0 radical (unpaired) electrons. The molecule has 92 heavy (non-hydrogen) atoms. The van der Waals surface area contributed by atoms with Gasteiger partial charge in [-0.3, -0.25) is 13.8 Å². The molecule has 3 N–H and O–H groups in total. The molecule has 0 aliphatic heterocycles. The quantitative estimate of drug-likeness (QED) is 0.0243. The van der Waals surface area contributed by atoms with E-state index in [1.807, 2.05) is 27.2 Å². The van der Waals surface area contributed by atoms with E-state index >= 15 is 0 Å². The van der Waals surface area contributed by atoms with Gasteiger partial charge in [0.1, 0.15) is 13.2 Å². The van der Waals surface area contributed by atoms with Gasteiger partial charge >= 0.3 is 7.82 Å². The van der Waals surface area contributed by atoms with Gasteiger partial charge in [-0.2, -0.15) is 0 Å². The second-order valence-corrected chi connectivity index (χ2v) is 28.4. The molecule has 0 aliphatic carbocycles. The summed E-state index contributed by atoms with van der Waals surface area (Å²) in [5.41, 5.74) is 0. The molecule has 0 saturated carbocycles. The maximum atomic E-state index is 13.1. The van der Waals surface area contributed by atoms with Crippen LogP contribution < -0.4 is 5.32 Å². The Morgan fingerprint density at radius 1 is 0.380 bits per heavy atom. The Labute approximate surface area is 570 Å². The van der Waals surface area contributed by atoms with Gasteiger partial charge in [0.05, 0.1) is 39.9 Å². The number of phosphoric acid groups is 1. The van der Waals surface area contributed by atoms with Crippen LogP contribution in [0.1, 0.15) is 335 Å². The van der Waals surface area contributed by atoms with Crippen LogP contribution in [0.4, 0.5) is 0 Å². The van der Waals surface area contributed by atoms with Crippen LogP contribution in [-0.2, 0) is 18.4 Å². The Balaban J connectivity index is 4.07. The molecule has 0 fully saturated rings. The molecule has 530 valence electrons. The third kappa shape index (κ3) is 74.0. The number of aliphatic hydroxyl groups is 1. The van der Waals surface area contributed by atoms with Crippen molar-refractivity contribution in [1.82, 2.24) is 5.32 Å². The van der Waals surface area contributed by atoms with Crippen LogP contribution in [0, 0.1) is 0 Å². The Hall–Kier alpha value is -3.36. The maximum Gasteiger partial charge on any atom is 0.472 e. The minimum atomic E-state index is -4.38. The van der Waals surface area contributed by atoms with E-state index in [2.05, 4.69) is 141 Å². The van der Waals surface area contributed by atoms with Crippen molar-refractivity contribution in [3.05, 3.63) is 134 Å². The van der Waals surface area contributed by atoms with Crippen LogP contribution in [0.5, 0.6) is 0 Å². The van der Waals surface area contributed by atoms with E-state index in [0.29, 0.717) is 17.4 Å². The zero-order valence-electron chi connectivity index (χ0n) is 60.8. The highest BCUT2D eigenvalue weighted by Gasteiger charge is 2.28. The van der Waals surface area contributed by atoms with Crippen molar-refractivity contribution >= 4 is 13.7 Å². The summed E-state index contributed by atoms with van der Waals surface area (Å²) in [5.74, 6) is -0.191. The molecule has 0 aromatic heterocycles. The number of rotatable bonds is 70. The standard InChI is InChI=1S/C83H147N2O6P/c1-6-8-10-12-14-16-18-20-22-24-26-28-30-32-34-36-37-38-39-40-41-42-43-44-45-46-47-49-51-53-55-57-59-61-63-65-67-69-71-73-75-77-83(87)84-81(80-91-92(88,89)90-79-78-85(3,4)5)82(86)76-74-72-70-68-66-64-62-60-58-56-54-52-50-48-35-33-31-29-27-25-23-21-19-17-15-13-11-9-7-2/h8,10,14,16,20,22,26,28,32,34,37-38,40-41,43-44,58,60,66,68,74,76,81-82,86H,6-7,9,11-13,15,17-19,21,23-25,27,29-31,33,35-36,39,42,45-57,59,61-65,67,69-73,75,77-80H2,1-5H3,(H-,84,87,88,89)/p+1/b10-8-,16-14-,22-20-,28-26-,34-32-,38-37-,41-40-,44-43-,60-58+,68-66+,76-74+. The second-order valence-electron chi connectivity index (χ2n) is 27.0. The van der Waals surface area contributed by atoms with E-state index in [1.54, 1.807) is 6.08 Å². The SMILES string of the molecule is CC/C=C\C/C=C\C/C=C\C/C=C\C/C=C\C/C=C\C/C=C\C/C=C\CCCCCCCCCCCCCCCCCCC(=O)NC(COP(=O)(O)OCC[N+](C)(C)C)C(O)/C=C/CC/C=C/CC/C=C/CCCCCCCCCCCCCCCCCCCCC. The molecule has 3 unspecified atom stereocenters. The van der Waals surface area contributed by atoms with Gasteiger partial charge in [0.25, 0.3) is 0 Å². The van der Waals surface area contributed by atoms with Crippen LogP contribution in [0.2, 0.25) is 0 Å². The number of allylic oxidation sites excluding steroid dienone is 21.